The van der Waals surface area contributed by atoms with Crippen molar-refractivity contribution in [1.82, 2.24) is 14.3 Å². The molecule has 0 fully saturated rings. The third kappa shape index (κ3) is 5.10. The second-order valence-corrected chi connectivity index (χ2v) is 10.3. The number of aliphatic imine (C=N–C) groups is 1. The highest BCUT2D eigenvalue weighted by Crippen LogP contribution is 2.39. The number of anilines is 1. The number of para-hydroxylation sites is 1. The normalized spacial score (nSPS) is 12.3. The summed E-state index contributed by atoms with van der Waals surface area (Å²) in [6.45, 7) is 10.5. The summed E-state index contributed by atoms with van der Waals surface area (Å²) in [7, 11) is 1.64. The molecule has 3 aromatic carbocycles. The fourth-order valence-corrected chi connectivity index (χ4v) is 5.44. The van der Waals surface area contributed by atoms with Crippen molar-refractivity contribution in [1.29, 1.82) is 0 Å². The number of hydrogen-bond donors (Lipinski definition) is 1. The van der Waals surface area contributed by atoms with Crippen LogP contribution in [0.25, 0.3) is 33.3 Å². The maximum Gasteiger partial charge on any atom is 0.264 e. The average molecular weight is 566 g/mol. The van der Waals surface area contributed by atoms with Gasteiger partial charge in [0.2, 0.25) is 0 Å². The summed E-state index contributed by atoms with van der Waals surface area (Å²) in [5.74, 6) is 0.639. The van der Waals surface area contributed by atoms with E-state index in [0.29, 0.717) is 34.2 Å². The number of allylic oxidation sites excluding steroid dienone is 1. The molecule has 8 heteroatoms. The minimum atomic E-state index is -0.401. The van der Waals surface area contributed by atoms with Crippen LogP contribution in [0.5, 0.6) is 0 Å². The van der Waals surface area contributed by atoms with E-state index in [0.717, 1.165) is 39.0 Å². The van der Waals surface area contributed by atoms with Crippen LogP contribution in [-0.2, 0) is 11.3 Å². The molecule has 0 bridgehead atoms. The number of nitrogens with zero attached hydrogens (tertiary/aromatic N) is 4. The molecule has 0 spiro atoms. The highest BCUT2D eigenvalue weighted by atomic mass is 35.5. The number of benzene rings is 3. The molecule has 0 saturated heterocycles. The lowest BCUT2D eigenvalue weighted by molar-refractivity contribution is 0.185. The second kappa shape index (κ2) is 11.6. The molecule has 208 valence electrons. The highest BCUT2D eigenvalue weighted by Gasteiger charge is 2.26. The average Bonchev–Trinajstić information content (AvgIpc) is 3.34. The second-order valence-electron chi connectivity index (χ2n) is 9.93. The monoisotopic (exact) mass is 565 g/mol. The lowest BCUT2D eigenvalue weighted by atomic mass is 10.0. The van der Waals surface area contributed by atoms with Crippen molar-refractivity contribution in [2.75, 3.05) is 12.8 Å². The summed E-state index contributed by atoms with van der Waals surface area (Å²) in [6.07, 6.45) is 1.73. The molecule has 0 radical (unpaired) electrons. The summed E-state index contributed by atoms with van der Waals surface area (Å²) in [6, 6.07) is 22.4. The molecule has 1 unspecified atom stereocenters. The van der Waals surface area contributed by atoms with E-state index in [-0.39, 0.29) is 5.56 Å². The lowest BCUT2D eigenvalue weighted by Gasteiger charge is -2.21. The van der Waals surface area contributed by atoms with Crippen LogP contribution in [0.1, 0.15) is 43.6 Å². The molecule has 5 aromatic rings. The summed E-state index contributed by atoms with van der Waals surface area (Å²) in [4.78, 5) is 18.8. The van der Waals surface area contributed by atoms with E-state index in [1.807, 2.05) is 92.2 Å². The van der Waals surface area contributed by atoms with Crippen molar-refractivity contribution in [3.63, 3.8) is 0 Å². The van der Waals surface area contributed by atoms with Crippen molar-refractivity contribution in [3.8, 4) is 16.9 Å². The Labute approximate surface area is 244 Å². The van der Waals surface area contributed by atoms with E-state index in [1.54, 1.807) is 24.0 Å². The molecule has 7 nitrogen and oxygen atoms in total. The van der Waals surface area contributed by atoms with Crippen LogP contribution in [0.2, 0.25) is 5.02 Å². The molecule has 2 heterocycles. The quantitative estimate of drug-likeness (QED) is 0.155. The Balaban J connectivity index is 1.79. The van der Waals surface area contributed by atoms with Gasteiger partial charge in [-0.2, -0.15) is 5.10 Å². The Bertz CT molecular complexity index is 1850. The Hall–Kier alpha value is -4.46. The number of halogens is 1. The van der Waals surface area contributed by atoms with Gasteiger partial charge in [0.05, 0.1) is 28.8 Å². The van der Waals surface area contributed by atoms with Crippen LogP contribution in [0.15, 0.2) is 89.2 Å². The van der Waals surface area contributed by atoms with Crippen molar-refractivity contribution in [2.45, 2.75) is 33.4 Å². The fourth-order valence-electron chi connectivity index (χ4n) is 5.18. The largest absolute Gasteiger partial charge is 0.398 e. The zero-order chi connectivity index (χ0) is 29.3. The number of fused-ring (bicyclic) bond motifs is 1. The first-order valence-electron chi connectivity index (χ1n) is 13.3. The molecule has 5 rings (SSSR count). The van der Waals surface area contributed by atoms with E-state index < -0.39 is 6.04 Å². The zero-order valence-corrected chi connectivity index (χ0v) is 24.3. The minimum Gasteiger partial charge on any atom is -0.398 e. The molecule has 0 aliphatic rings. The molecule has 0 aliphatic heterocycles. The van der Waals surface area contributed by atoms with Gasteiger partial charge in [0.1, 0.15) is 5.69 Å². The van der Waals surface area contributed by atoms with E-state index in [2.05, 4.69) is 6.58 Å². The number of nitrogen functional groups attached to an aromatic ring is 1. The molecule has 0 saturated carbocycles. The number of ether oxygens (including phenoxy) is 1. The number of pyridine rings is 1. The Morgan fingerprint density at radius 3 is 2.56 bits per heavy atom. The van der Waals surface area contributed by atoms with Crippen molar-refractivity contribution in [3.05, 3.63) is 112 Å². The minimum absolute atomic E-state index is 0.198. The van der Waals surface area contributed by atoms with Crippen molar-refractivity contribution < 1.29 is 4.74 Å². The predicted octanol–water partition coefficient (Wildman–Crippen LogP) is 7.60. The molecule has 0 amide bonds. The molecule has 2 aromatic heterocycles. The maximum absolute atomic E-state index is 14.0. The number of aromatic nitrogens is 3. The van der Waals surface area contributed by atoms with Gasteiger partial charge in [0.25, 0.3) is 5.56 Å². The summed E-state index contributed by atoms with van der Waals surface area (Å²) in [5.41, 5.74) is 12.3. The predicted molar refractivity (Wildman–Crippen MR) is 170 cm³/mol. The van der Waals surface area contributed by atoms with Gasteiger partial charge >= 0.3 is 0 Å². The Morgan fingerprint density at radius 2 is 1.90 bits per heavy atom. The Morgan fingerprint density at radius 1 is 1.15 bits per heavy atom. The van der Waals surface area contributed by atoms with Gasteiger partial charge in [-0.15, -0.1) is 0 Å². The fraction of sp³-hybridized carbons (Fsp3) is 0.182. The van der Waals surface area contributed by atoms with E-state index in [4.69, 9.17) is 32.2 Å². The van der Waals surface area contributed by atoms with Crippen LogP contribution >= 0.6 is 11.6 Å². The van der Waals surface area contributed by atoms with Crippen LogP contribution < -0.4 is 11.3 Å². The van der Waals surface area contributed by atoms with Crippen LogP contribution in [0.4, 0.5) is 11.5 Å². The number of nitrogens with two attached hydrogens (primary N) is 1. The summed E-state index contributed by atoms with van der Waals surface area (Å²) < 4.78 is 8.83. The van der Waals surface area contributed by atoms with Crippen LogP contribution in [-0.4, -0.2) is 27.7 Å². The third-order valence-electron chi connectivity index (χ3n) is 7.12. The van der Waals surface area contributed by atoms with Gasteiger partial charge in [0.15, 0.2) is 5.82 Å². The topological polar surface area (TPSA) is 87.4 Å². The van der Waals surface area contributed by atoms with Gasteiger partial charge in [-0.25, -0.2) is 9.67 Å². The first-order chi connectivity index (χ1) is 19.8. The van der Waals surface area contributed by atoms with E-state index in [9.17, 15) is 4.79 Å². The van der Waals surface area contributed by atoms with Gasteiger partial charge in [-0.05, 0) is 62.1 Å². The molecule has 1 atom stereocenters. The molecule has 2 N–H and O–H groups in total. The molecular weight excluding hydrogens is 534 g/mol. The van der Waals surface area contributed by atoms with Crippen molar-refractivity contribution in [2.24, 2.45) is 4.99 Å². The van der Waals surface area contributed by atoms with Gasteiger partial charge < -0.3 is 10.5 Å². The summed E-state index contributed by atoms with van der Waals surface area (Å²) >= 11 is 6.53. The van der Waals surface area contributed by atoms with Gasteiger partial charge in [0, 0.05) is 41.4 Å². The smallest absolute Gasteiger partial charge is 0.264 e. The standard InChI is InChI=1S/C33H32ClN5O2/c1-6-36-32-29(20(2)3)31(23-15-16-24(19-41-5)27(35)17-23)37-39(32)21(4)28-18-22-11-10-14-26(34)30(22)33(40)38(28)25-12-8-7-9-13-25/h6-18,21H,2,19,35H2,1,3-5H3/b36-6-. The van der Waals surface area contributed by atoms with E-state index in [1.165, 1.54) is 0 Å². The third-order valence-corrected chi connectivity index (χ3v) is 7.43. The number of rotatable bonds is 8. The van der Waals surface area contributed by atoms with Gasteiger partial charge in [-0.3, -0.25) is 9.36 Å². The lowest BCUT2D eigenvalue weighted by Crippen LogP contribution is -2.26. The number of hydrogen-bond acceptors (Lipinski definition) is 5. The van der Waals surface area contributed by atoms with E-state index >= 15 is 0 Å². The first kappa shape index (κ1) is 28.1. The van der Waals surface area contributed by atoms with Crippen molar-refractivity contribution >= 4 is 45.7 Å². The SMILES string of the molecule is C=C(C)c1c(-c2ccc(COC)c(N)c2)nn(C(C)c2cc3cccc(Cl)c3c(=O)n2-c2ccccc2)c1/N=C\C. The Kier molecular flexibility index (Phi) is 7.92. The highest BCUT2D eigenvalue weighted by molar-refractivity contribution is 6.35. The summed E-state index contributed by atoms with van der Waals surface area (Å²) in [5, 5.41) is 6.72. The van der Waals surface area contributed by atoms with Crippen LogP contribution in [0.3, 0.4) is 0 Å². The molecule has 0 aliphatic carbocycles. The first-order valence-corrected chi connectivity index (χ1v) is 13.7. The molecule has 41 heavy (non-hydrogen) atoms. The zero-order valence-electron chi connectivity index (χ0n) is 23.6. The number of methoxy groups -OCH3 is 1. The van der Waals surface area contributed by atoms with Crippen LogP contribution in [0, 0.1) is 0 Å². The maximum atomic E-state index is 14.0. The van der Waals surface area contributed by atoms with Gasteiger partial charge in [-0.1, -0.05) is 60.6 Å². The molecular formula is C33H32ClN5O2.